The van der Waals surface area contributed by atoms with Crippen molar-refractivity contribution in [3.63, 3.8) is 0 Å². The molecule has 0 fully saturated rings. The molecule has 0 radical (unpaired) electrons. The van der Waals surface area contributed by atoms with Crippen molar-refractivity contribution in [1.82, 2.24) is 0 Å². The van der Waals surface area contributed by atoms with Gasteiger partial charge < -0.3 is 5.11 Å². The lowest BCUT2D eigenvalue weighted by Crippen LogP contribution is -2.12. The van der Waals surface area contributed by atoms with E-state index in [1.807, 2.05) is 0 Å². The maximum absolute atomic E-state index is 10.6. The SMILES string of the molecule is CCCCC(CC)CCCCCSCC(C)C(=O)O. The van der Waals surface area contributed by atoms with Gasteiger partial charge in [-0.1, -0.05) is 65.7 Å². The molecule has 0 aliphatic rings. The van der Waals surface area contributed by atoms with Crippen molar-refractivity contribution in [3.05, 3.63) is 0 Å². The van der Waals surface area contributed by atoms with Crippen LogP contribution in [0.1, 0.15) is 72.1 Å². The van der Waals surface area contributed by atoms with E-state index in [4.69, 9.17) is 5.11 Å². The van der Waals surface area contributed by atoms with E-state index in [0.29, 0.717) is 0 Å². The Balaban J connectivity index is 3.36. The summed E-state index contributed by atoms with van der Waals surface area (Å²) in [6.45, 7) is 6.36. The first-order chi connectivity index (χ1) is 9.11. The molecular formula is C16H32O2S. The third-order valence-electron chi connectivity index (χ3n) is 3.73. The molecule has 0 aromatic heterocycles. The molecule has 0 aromatic carbocycles. The Kier molecular flexibility index (Phi) is 12.7. The Bertz CT molecular complexity index is 219. The standard InChI is InChI=1S/C16H32O2S/c1-4-6-10-15(5-2)11-8-7-9-12-19-13-14(3)16(17)18/h14-15H,4-13H2,1-3H3,(H,17,18). The molecular weight excluding hydrogens is 256 g/mol. The molecule has 19 heavy (non-hydrogen) atoms. The lowest BCUT2D eigenvalue weighted by Gasteiger charge is -2.13. The Hall–Kier alpha value is -0.180. The predicted octanol–water partition coefficient (Wildman–Crippen LogP) is 5.22. The van der Waals surface area contributed by atoms with Gasteiger partial charge in [0.25, 0.3) is 0 Å². The van der Waals surface area contributed by atoms with Crippen LogP contribution >= 0.6 is 11.8 Å². The molecule has 2 unspecified atom stereocenters. The van der Waals surface area contributed by atoms with Crippen molar-refractivity contribution in [2.45, 2.75) is 72.1 Å². The van der Waals surface area contributed by atoms with Crippen molar-refractivity contribution in [2.24, 2.45) is 11.8 Å². The molecule has 0 heterocycles. The fourth-order valence-electron chi connectivity index (χ4n) is 2.19. The highest BCUT2D eigenvalue weighted by atomic mass is 32.2. The van der Waals surface area contributed by atoms with Crippen LogP contribution in [0.3, 0.4) is 0 Å². The monoisotopic (exact) mass is 288 g/mol. The predicted molar refractivity (Wildman–Crippen MR) is 85.9 cm³/mol. The Labute approximate surface area is 123 Å². The lowest BCUT2D eigenvalue weighted by molar-refractivity contribution is -0.140. The summed E-state index contributed by atoms with van der Waals surface area (Å²) < 4.78 is 0. The Morgan fingerprint density at radius 2 is 1.79 bits per heavy atom. The van der Waals surface area contributed by atoms with Gasteiger partial charge in [0.05, 0.1) is 5.92 Å². The average Bonchev–Trinajstić information content (AvgIpc) is 2.40. The van der Waals surface area contributed by atoms with E-state index in [1.165, 1.54) is 51.4 Å². The first-order valence-electron chi connectivity index (χ1n) is 7.92. The zero-order valence-electron chi connectivity index (χ0n) is 13.0. The van der Waals surface area contributed by atoms with Crippen LogP contribution < -0.4 is 0 Å². The molecule has 0 aromatic rings. The quantitative estimate of drug-likeness (QED) is 0.472. The molecule has 0 spiro atoms. The second kappa shape index (κ2) is 12.8. The van der Waals surface area contributed by atoms with Crippen LogP contribution in [-0.4, -0.2) is 22.6 Å². The van der Waals surface area contributed by atoms with Crippen molar-refractivity contribution < 1.29 is 9.90 Å². The number of carbonyl (C=O) groups is 1. The third kappa shape index (κ3) is 11.4. The van der Waals surface area contributed by atoms with E-state index >= 15 is 0 Å². The van der Waals surface area contributed by atoms with Gasteiger partial charge in [0.15, 0.2) is 0 Å². The number of rotatable bonds is 13. The van der Waals surface area contributed by atoms with Crippen LogP contribution in [0.4, 0.5) is 0 Å². The summed E-state index contributed by atoms with van der Waals surface area (Å²) in [5.74, 6) is 1.92. The molecule has 0 aliphatic carbocycles. The van der Waals surface area contributed by atoms with Gasteiger partial charge in [-0.25, -0.2) is 0 Å². The summed E-state index contributed by atoms with van der Waals surface area (Å²) in [5, 5.41) is 8.77. The molecule has 0 bridgehead atoms. The molecule has 0 aliphatic heterocycles. The van der Waals surface area contributed by atoms with Gasteiger partial charge >= 0.3 is 5.97 Å². The number of hydrogen-bond acceptors (Lipinski definition) is 2. The highest BCUT2D eigenvalue weighted by Crippen LogP contribution is 2.20. The highest BCUT2D eigenvalue weighted by Gasteiger charge is 2.10. The minimum atomic E-state index is -0.672. The smallest absolute Gasteiger partial charge is 0.307 e. The number of thioether (sulfide) groups is 1. The highest BCUT2D eigenvalue weighted by molar-refractivity contribution is 7.99. The second-order valence-electron chi connectivity index (χ2n) is 5.58. The van der Waals surface area contributed by atoms with Crippen LogP contribution in [0, 0.1) is 11.8 Å². The second-order valence-corrected chi connectivity index (χ2v) is 6.73. The molecule has 114 valence electrons. The molecule has 1 N–H and O–H groups in total. The van der Waals surface area contributed by atoms with Crippen LogP contribution in [0.5, 0.6) is 0 Å². The van der Waals surface area contributed by atoms with E-state index in [1.54, 1.807) is 18.7 Å². The van der Waals surface area contributed by atoms with E-state index in [9.17, 15) is 4.79 Å². The van der Waals surface area contributed by atoms with Gasteiger partial charge in [-0.2, -0.15) is 11.8 Å². The summed E-state index contributed by atoms with van der Waals surface area (Å²) in [6, 6.07) is 0. The van der Waals surface area contributed by atoms with Crippen LogP contribution in [0.25, 0.3) is 0 Å². The minimum Gasteiger partial charge on any atom is -0.481 e. The number of aliphatic carboxylic acids is 1. The maximum atomic E-state index is 10.6. The van der Waals surface area contributed by atoms with Gasteiger partial charge in [0.2, 0.25) is 0 Å². The molecule has 2 atom stereocenters. The van der Waals surface area contributed by atoms with Gasteiger partial charge in [-0.15, -0.1) is 0 Å². The molecule has 0 saturated heterocycles. The van der Waals surface area contributed by atoms with Crippen molar-refractivity contribution >= 4 is 17.7 Å². The fourth-order valence-corrected chi connectivity index (χ4v) is 3.26. The van der Waals surface area contributed by atoms with Crippen molar-refractivity contribution in [3.8, 4) is 0 Å². The first-order valence-corrected chi connectivity index (χ1v) is 9.07. The number of carboxylic acid groups (broad SMARTS) is 1. The zero-order valence-corrected chi connectivity index (χ0v) is 13.8. The van der Waals surface area contributed by atoms with Gasteiger partial charge in [-0.05, 0) is 18.1 Å². The number of hydrogen-bond donors (Lipinski definition) is 1. The fraction of sp³-hybridized carbons (Fsp3) is 0.938. The number of carboxylic acids is 1. The van der Waals surface area contributed by atoms with Crippen LogP contribution in [0.2, 0.25) is 0 Å². The van der Waals surface area contributed by atoms with E-state index in [-0.39, 0.29) is 5.92 Å². The van der Waals surface area contributed by atoms with Gasteiger partial charge in [-0.3, -0.25) is 4.79 Å². The van der Waals surface area contributed by atoms with Gasteiger partial charge in [0.1, 0.15) is 0 Å². The third-order valence-corrected chi connectivity index (χ3v) is 5.05. The van der Waals surface area contributed by atoms with E-state index in [2.05, 4.69) is 13.8 Å². The summed E-state index contributed by atoms with van der Waals surface area (Å²) in [6.07, 6.45) is 10.7. The lowest BCUT2D eigenvalue weighted by atomic mass is 9.93. The zero-order chi connectivity index (χ0) is 14.5. The van der Waals surface area contributed by atoms with Crippen molar-refractivity contribution in [1.29, 1.82) is 0 Å². The summed E-state index contributed by atoms with van der Waals surface area (Å²) in [4.78, 5) is 10.6. The average molecular weight is 288 g/mol. The summed E-state index contributed by atoms with van der Waals surface area (Å²) in [7, 11) is 0. The molecule has 0 saturated carbocycles. The molecule has 0 rings (SSSR count). The largest absolute Gasteiger partial charge is 0.481 e. The normalized spacial score (nSPS) is 14.3. The topological polar surface area (TPSA) is 37.3 Å². The van der Waals surface area contributed by atoms with Crippen molar-refractivity contribution in [2.75, 3.05) is 11.5 Å². The van der Waals surface area contributed by atoms with Crippen LogP contribution in [0.15, 0.2) is 0 Å². The first kappa shape index (κ1) is 18.8. The van der Waals surface area contributed by atoms with E-state index < -0.39 is 5.97 Å². The number of unbranched alkanes of at least 4 members (excludes halogenated alkanes) is 3. The maximum Gasteiger partial charge on any atom is 0.307 e. The minimum absolute atomic E-state index is 0.205. The summed E-state index contributed by atoms with van der Waals surface area (Å²) >= 11 is 1.79. The summed E-state index contributed by atoms with van der Waals surface area (Å²) in [5.41, 5.74) is 0. The van der Waals surface area contributed by atoms with Gasteiger partial charge in [0, 0.05) is 5.75 Å². The Morgan fingerprint density at radius 3 is 2.37 bits per heavy atom. The molecule has 0 amide bonds. The molecule has 2 nitrogen and oxygen atoms in total. The Morgan fingerprint density at radius 1 is 1.11 bits per heavy atom. The van der Waals surface area contributed by atoms with Crippen LogP contribution in [-0.2, 0) is 4.79 Å². The van der Waals surface area contributed by atoms with E-state index in [0.717, 1.165) is 17.4 Å². The molecule has 3 heteroatoms.